The predicted molar refractivity (Wildman–Crippen MR) is 111 cm³/mol. The Kier molecular flexibility index (Phi) is 7.17. The first kappa shape index (κ1) is 21.2. The van der Waals surface area contributed by atoms with Crippen LogP contribution in [0.25, 0.3) is 0 Å². The first-order valence-electron chi connectivity index (χ1n) is 10.0. The molecule has 1 saturated heterocycles. The summed E-state index contributed by atoms with van der Waals surface area (Å²) in [6.45, 7) is 10.8. The molecule has 1 amide bonds. The summed E-state index contributed by atoms with van der Waals surface area (Å²) in [5.41, 5.74) is 1.45. The van der Waals surface area contributed by atoms with E-state index >= 15 is 0 Å². The maximum atomic E-state index is 12.7. The average Bonchev–Trinajstić information content (AvgIpc) is 2.72. The SMILES string of the molecule is CC(C)(C)OCCOc1ccc(C(=O)N2CCN(Cc3ccccn3)CC2)cn1. The lowest BCUT2D eigenvalue weighted by atomic mass is 10.2. The molecule has 2 aromatic rings. The molecule has 0 aromatic carbocycles. The predicted octanol–water partition coefficient (Wildman–Crippen LogP) is 2.63. The molecule has 2 aromatic heterocycles. The molecular formula is C22H30N4O3. The van der Waals surface area contributed by atoms with Crippen LogP contribution in [0.15, 0.2) is 42.7 Å². The van der Waals surface area contributed by atoms with Crippen molar-refractivity contribution in [2.75, 3.05) is 39.4 Å². The van der Waals surface area contributed by atoms with Crippen molar-refractivity contribution in [2.45, 2.75) is 32.9 Å². The highest BCUT2D eigenvalue weighted by Gasteiger charge is 2.22. The Bertz CT molecular complexity index is 767. The first-order chi connectivity index (χ1) is 13.9. The van der Waals surface area contributed by atoms with Crippen molar-refractivity contribution in [3.05, 3.63) is 54.0 Å². The van der Waals surface area contributed by atoms with Crippen molar-refractivity contribution in [3.63, 3.8) is 0 Å². The van der Waals surface area contributed by atoms with E-state index in [2.05, 4.69) is 14.9 Å². The van der Waals surface area contributed by atoms with E-state index in [-0.39, 0.29) is 11.5 Å². The molecule has 0 spiro atoms. The lowest BCUT2D eigenvalue weighted by Crippen LogP contribution is -2.48. The molecule has 0 N–H and O–H groups in total. The fourth-order valence-corrected chi connectivity index (χ4v) is 3.10. The van der Waals surface area contributed by atoms with E-state index in [0.717, 1.165) is 25.3 Å². The van der Waals surface area contributed by atoms with E-state index in [1.807, 2.05) is 50.1 Å². The number of carbonyl (C=O) groups is 1. The summed E-state index contributed by atoms with van der Waals surface area (Å²) in [5, 5.41) is 0. The third-order valence-corrected chi connectivity index (χ3v) is 4.62. The highest BCUT2D eigenvalue weighted by Crippen LogP contribution is 2.13. The summed E-state index contributed by atoms with van der Waals surface area (Å²) in [5.74, 6) is 0.511. The van der Waals surface area contributed by atoms with Gasteiger partial charge in [0.25, 0.3) is 5.91 Å². The zero-order valence-electron chi connectivity index (χ0n) is 17.5. The summed E-state index contributed by atoms with van der Waals surface area (Å²) in [6, 6.07) is 9.46. The second kappa shape index (κ2) is 9.80. The Morgan fingerprint density at radius 1 is 1.03 bits per heavy atom. The number of hydrogen-bond acceptors (Lipinski definition) is 6. The second-order valence-corrected chi connectivity index (χ2v) is 8.08. The number of pyridine rings is 2. The van der Waals surface area contributed by atoms with Gasteiger partial charge in [-0.25, -0.2) is 4.98 Å². The third-order valence-electron chi connectivity index (χ3n) is 4.62. The molecule has 29 heavy (non-hydrogen) atoms. The fraction of sp³-hybridized carbons (Fsp3) is 0.500. The van der Waals surface area contributed by atoms with Crippen molar-refractivity contribution in [1.29, 1.82) is 0 Å². The Balaban J connectivity index is 1.43. The highest BCUT2D eigenvalue weighted by molar-refractivity contribution is 5.94. The first-order valence-corrected chi connectivity index (χ1v) is 10.0. The van der Waals surface area contributed by atoms with Gasteiger partial charge in [-0.2, -0.15) is 0 Å². The maximum absolute atomic E-state index is 12.7. The van der Waals surface area contributed by atoms with Gasteiger partial charge in [0.15, 0.2) is 0 Å². The van der Waals surface area contributed by atoms with Gasteiger partial charge in [-0.1, -0.05) is 6.07 Å². The normalized spacial score (nSPS) is 15.3. The van der Waals surface area contributed by atoms with E-state index in [9.17, 15) is 4.79 Å². The Hall–Kier alpha value is -2.51. The van der Waals surface area contributed by atoms with Crippen LogP contribution >= 0.6 is 0 Å². The molecule has 156 valence electrons. The average molecular weight is 399 g/mol. The largest absolute Gasteiger partial charge is 0.475 e. The van der Waals surface area contributed by atoms with Gasteiger partial charge < -0.3 is 14.4 Å². The van der Waals surface area contributed by atoms with E-state index in [1.54, 1.807) is 18.3 Å². The van der Waals surface area contributed by atoms with Gasteiger partial charge in [-0.15, -0.1) is 0 Å². The minimum absolute atomic E-state index is 0.0117. The van der Waals surface area contributed by atoms with Gasteiger partial charge in [0.1, 0.15) is 6.61 Å². The summed E-state index contributed by atoms with van der Waals surface area (Å²) in [4.78, 5) is 25.6. The summed E-state index contributed by atoms with van der Waals surface area (Å²) in [7, 11) is 0. The minimum atomic E-state index is -0.186. The molecule has 0 bridgehead atoms. The zero-order valence-corrected chi connectivity index (χ0v) is 17.5. The molecule has 1 aliphatic heterocycles. The van der Waals surface area contributed by atoms with Crippen molar-refractivity contribution < 1.29 is 14.3 Å². The number of aromatic nitrogens is 2. The lowest BCUT2D eigenvalue weighted by molar-refractivity contribution is -0.0168. The quantitative estimate of drug-likeness (QED) is 0.668. The molecule has 0 radical (unpaired) electrons. The van der Waals surface area contributed by atoms with Crippen LogP contribution in [0.4, 0.5) is 0 Å². The van der Waals surface area contributed by atoms with Crippen molar-refractivity contribution in [2.24, 2.45) is 0 Å². The fourth-order valence-electron chi connectivity index (χ4n) is 3.10. The van der Waals surface area contributed by atoms with Crippen LogP contribution in [0.5, 0.6) is 5.88 Å². The van der Waals surface area contributed by atoms with E-state index in [1.165, 1.54) is 0 Å². The monoisotopic (exact) mass is 398 g/mol. The topological polar surface area (TPSA) is 67.8 Å². The minimum Gasteiger partial charge on any atom is -0.475 e. The molecule has 0 saturated carbocycles. The number of hydrogen-bond donors (Lipinski definition) is 0. The van der Waals surface area contributed by atoms with Crippen LogP contribution in [-0.2, 0) is 11.3 Å². The number of piperazine rings is 1. The van der Waals surface area contributed by atoms with Gasteiger partial charge in [-0.3, -0.25) is 14.7 Å². The molecule has 0 atom stereocenters. The van der Waals surface area contributed by atoms with Crippen molar-refractivity contribution >= 4 is 5.91 Å². The molecule has 7 nitrogen and oxygen atoms in total. The van der Waals surface area contributed by atoms with E-state index in [0.29, 0.717) is 37.7 Å². The zero-order chi connectivity index (χ0) is 20.7. The Morgan fingerprint density at radius 2 is 1.83 bits per heavy atom. The summed E-state index contributed by atoms with van der Waals surface area (Å²) < 4.78 is 11.2. The van der Waals surface area contributed by atoms with Crippen LogP contribution in [0, 0.1) is 0 Å². The lowest BCUT2D eigenvalue weighted by Gasteiger charge is -2.34. The molecule has 7 heteroatoms. The van der Waals surface area contributed by atoms with Crippen LogP contribution in [0.1, 0.15) is 36.8 Å². The molecule has 1 fully saturated rings. The number of nitrogens with zero attached hydrogens (tertiary/aromatic N) is 4. The standard InChI is InChI=1S/C22H30N4O3/c1-22(2,3)29-15-14-28-20-8-7-18(16-24-20)21(27)26-12-10-25(11-13-26)17-19-6-4-5-9-23-19/h4-9,16H,10-15,17H2,1-3H3. The number of amides is 1. The van der Waals surface area contributed by atoms with Crippen molar-refractivity contribution in [3.8, 4) is 5.88 Å². The Labute approximate surface area is 172 Å². The maximum Gasteiger partial charge on any atom is 0.255 e. The summed E-state index contributed by atoms with van der Waals surface area (Å²) in [6.07, 6.45) is 3.40. The van der Waals surface area contributed by atoms with Crippen LogP contribution < -0.4 is 4.74 Å². The van der Waals surface area contributed by atoms with Gasteiger partial charge in [-0.05, 0) is 39.0 Å². The molecular weight excluding hydrogens is 368 g/mol. The van der Waals surface area contributed by atoms with Crippen LogP contribution in [-0.4, -0.2) is 70.7 Å². The van der Waals surface area contributed by atoms with Crippen molar-refractivity contribution in [1.82, 2.24) is 19.8 Å². The van der Waals surface area contributed by atoms with Gasteiger partial charge in [0.2, 0.25) is 5.88 Å². The van der Waals surface area contributed by atoms with Crippen LogP contribution in [0.2, 0.25) is 0 Å². The molecule has 1 aliphatic rings. The van der Waals surface area contributed by atoms with Crippen LogP contribution in [0.3, 0.4) is 0 Å². The van der Waals surface area contributed by atoms with Gasteiger partial charge in [0, 0.05) is 51.2 Å². The third kappa shape index (κ3) is 6.80. The molecule has 3 rings (SSSR count). The number of carbonyl (C=O) groups excluding carboxylic acids is 1. The highest BCUT2D eigenvalue weighted by atomic mass is 16.5. The van der Waals surface area contributed by atoms with Gasteiger partial charge >= 0.3 is 0 Å². The Morgan fingerprint density at radius 3 is 2.45 bits per heavy atom. The molecule has 0 aliphatic carbocycles. The number of ether oxygens (including phenoxy) is 2. The van der Waals surface area contributed by atoms with E-state index < -0.39 is 0 Å². The molecule has 3 heterocycles. The smallest absolute Gasteiger partial charge is 0.255 e. The van der Waals surface area contributed by atoms with Gasteiger partial charge in [0.05, 0.1) is 23.5 Å². The van der Waals surface area contributed by atoms with E-state index in [4.69, 9.17) is 9.47 Å². The summed E-state index contributed by atoms with van der Waals surface area (Å²) >= 11 is 0. The second-order valence-electron chi connectivity index (χ2n) is 8.08. The number of rotatable bonds is 7. The molecule has 0 unspecified atom stereocenters.